The van der Waals surface area contributed by atoms with E-state index in [1.807, 2.05) is 0 Å². The number of halogens is 2. The van der Waals surface area contributed by atoms with Gasteiger partial charge in [-0.3, -0.25) is 4.79 Å². The highest BCUT2D eigenvalue weighted by Crippen LogP contribution is 2.15. The largest absolute Gasteiger partial charge is 0.398 e. The minimum absolute atomic E-state index is 0.165. The van der Waals surface area contributed by atoms with E-state index in [9.17, 15) is 13.6 Å². The molecule has 5 heteroatoms. The van der Waals surface area contributed by atoms with Gasteiger partial charge in [0, 0.05) is 11.8 Å². The lowest BCUT2D eigenvalue weighted by atomic mass is 10.1. The molecular weight excluding hydrogens is 166 g/mol. The molecule has 0 atom stereocenters. The van der Waals surface area contributed by atoms with Crippen LogP contribution in [0.3, 0.4) is 0 Å². The Labute approximate surface area is 67.0 Å². The number of carbonyl (C=O) groups is 1. The quantitative estimate of drug-likeness (QED) is 0.610. The molecule has 0 aliphatic heterocycles. The molecule has 0 bridgehead atoms. The minimum Gasteiger partial charge on any atom is -0.398 e. The van der Waals surface area contributed by atoms with Crippen LogP contribution in [0.4, 0.5) is 14.5 Å². The van der Waals surface area contributed by atoms with Crippen molar-refractivity contribution in [1.82, 2.24) is 0 Å². The number of hydrogen-bond acceptors (Lipinski definition) is 2. The van der Waals surface area contributed by atoms with E-state index in [-0.39, 0.29) is 11.3 Å². The molecule has 4 N–H and O–H groups in total. The molecule has 0 heterocycles. The molecule has 0 saturated carbocycles. The van der Waals surface area contributed by atoms with Crippen LogP contribution in [0.1, 0.15) is 10.4 Å². The first-order valence-corrected chi connectivity index (χ1v) is 3.06. The Kier molecular flexibility index (Phi) is 1.95. The van der Waals surface area contributed by atoms with Crippen molar-refractivity contribution >= 4 is 11.6 Å². The molecule has 0 unspecified atom stereocenters. The molecule has 0 spiro atoms. The van der Waals surface area contributed by atoms with Gasteiger partial charge in [0.15, 0.2) is 11.6 Å². The summed E-state index contributed by atoms with van der Waals surface area (Å²) >= 11 is 0. The SMILES string of the molecule is NC(=O)c1cc(F)c(F)cc1N. The summed E-state index contributed by atoms with van der Waals surface area (Å²) in [5, 5.41) is 0. The molecule has 0 saturated heterocycles. The maximum Gasteiger partial charge on any atom is 0.250 e. The summed E-state index contributed by atoms with van der Waals surface area (Å²) in [4.78, 5) is 10.5. The van der Waals surface area contributed by atoms with Crippen LogP contribution < -0.4 is 11.5 Å². The first kappa shape index (κ1) is 8.45. The van der Waals surface area contributed by atoms with E-state index >= 15 is 0 Å². The van der Waals surface area contributed by atoms with Gasteiger partial charge in [-0.05, 0) is 6.07 Å². The van der Waals surface area contributed by atoms with E-state index < -0.39 is 17.5 Å². The van der Waals surface area contributed by atoms with E-state index in [0.29, 0.717) is 6.07 Å². The van der Waals surface area contributed by atoms with E-state index in [2.05, 4.69) is 0 Å². The van der Waals surface area contributed by atoms with Crippen molar-refractivity contribution in [2.75, 3.05) is 5.73 Å². The Hall–Kier alpha value is -1.65. The molecule has 0 aliphatic carbocycles. The van der Waals surface area contributed by atoms with Crippen LogP contribution in [0.15, 0.2) is 12.1 Å². The lowest BCUT2D eigenvalue weighted by molar-refractivity contribution is 0.100. The van der Waals surface area contributed by atoms with E-state index in [1.165, 1.54) is 0 Å². The average molecular weight is 172 g/mol. The molecule has 64 valence electrons. The molecule has 0 radical (unpaired) electrons. The van der Waals surface area contributed by atoms with Gasteiger partial charge in [-0.1, -0.05) is 0 Å². The summed E-state index contributed by atoms with van der Waals surface area (Å²) in [6, 6.07) is 1.39. The zero-order valence-corrected chi connectivity index (χ0v) is 5.97. The molecule has 0 aromatic heterocycles. The van der Waals surface area contributed by atoms with Crippen LogP contribution in [0.2, 0.25) is 0 Å². The summed E-state index contributed by atoms with van der Waals surface area (Å²) in [6.07, 6.45) is 0. The lowest BCUT2D eigenvalue weighted by Gasteiger charge is -2.01. The van der Waals surface area contributed by atoms with Crippen LogP contribution in [0.25, 0.3) is 0 Å². The molecular formula is C7H6F2N2O. The third kappa shape index (κ3) is 1.34. The summed E-state index contributed by atoms with van der Waals surface area (Å²) in [6.45, 7) is 0. The van der Waals surface area contributed by atoms with Crippen molar-refractivity contribution in [1.29, 1.82) is 0 Å². The molecule has 3 nitrogen and oxygen atoms in total. The Morgan fingerprint density at radius 1 is 1.25 bits per heavy atom. The monoisotopic (exact) mass is 172 g/mol. The van der Waals surface area contributed by atoms with Crippen molar-refractivity contribution in [2.24, 2.45) is 5.73 Å². The smallest absolute Gasteiger partial charge is 0.250 e. The minimum atomic E-state index is -1.14. The second-order valence-corrected chi connectivity index (χ2v) is 2.22. The van der Waals surface area contributed by atoms with Crippen LogP contribution >= 0.6 is 0 Å². The summed E-state index contributed by atoms with van der Waals surface area (Å²) in [7, 11) is 0. The maximum atomic E-state index is 12.5. The molecule has 1 amide bonds. The summed E-state index contributed by atoms with van der Waals surface area (Å²) in [5.74, 6) is -3.12. The second-order valence-electron chi connectivity index (χ2n) is 2.22. The molecule has 1 aromatic carbocycles. The van der Waals surface area contributed by atoms with Crippen LogP contribution in [-0.4, -0.2) is 5.91 Å². The molecule has 0 fully saturated rings. The van der Waals surface area contributed by atoms with Crippen molar-refractivity contribution in [3.63, 3.8) is 0 Å². The van der Waals surface area contributed by atoms with Crippen LogP contribution in [0, 0.1) is 11.6 Å². The predicted molar refractivity (Wildman–Crippen MR) is 39.3 cm³/mol. The van der Waals surface area contributed by atoms with E-state index in [1.54, 1.807) is 0 Å². The van der Waals surface area contributed by atoms with Crippen molar-refractivity contribution < 1.29 is 13.6 Å². The summed E-state index contributed by atoms with van der Waals surface area (Å²) in [5.41, 5.74) is 9.63. The van der Waals surface area contributed by atoms with Crippen LogP contribution in [0.5, 0.6) is 0 Å². The number of amides is 1. The third-order valence-electron chi connectivity index (χ3n) is 1.36. The number of nitrogen functional groups attached to an aromatic ring is 1. The van der Waals surface area contributed by atoms with Gasteiger partial charge in [-0.15, -0.1) is 0 Å². The Bertz CT molecular complexity index is 338. The van der Waals surface area contributed by atoms with Gasteiger partial charge in [-0.2, -0.15) is 0 Å². The average Bonchev–Trinajstić information content (AvgIpc) is 1.96. The van der Waals surface area contributed by atoms with Crippen molar-refractivity contribution in [3.05, 3.63) is 29.3 Å². The van der Waals surface area contributed by atoms with Crippen molar-refractivity contribution in [3.8, 4) is 0 Å². The highest BCUT2D eigenvalue weighted by Gasteiger charge is 2.10. The highest BCUT2D eigenvalue weighted by atomic mass is 19.2. The standard InChI is InChI=1S/C7H6F2N2O/c8-4-1-3(7(11)12)6(10)2-5(4)9/h1-2H,10H2,(H2,11,12). The van der Waals surface area contributed by atoms with Gasteiger partial charge in [0.2, 0.25) is 0 Å². The molecule has 12 heavy (non-hydrogen) atoms. The maximum absolute atomic E-state index is 12.5. The molecule has 1 rings (SSSR count). The number of carbonyl (C=O) groups excluding carboxylic acids is 1. The third-order valence-corrected chi connectivity index (χ3v) is 1.36. The van der Waals surface area contributed by atoms with Crippen LogP contribution in [-0.2, 0) is 0 Å². The van der Waals surface area contributed by atoms with Gasteiger partial charge in [0.25, 0.3) is 5.91 Å². The fraction of sp³-hybridized carbons (Fsp3) is 0. The lowest BCUT2D eigenvalue weighted by Crippen LogP contribution is -2.14. The predicted octanol–water partition coefficient (Wildman–Crippen LogP) is 0.646. The fourth-order valence-corrected chi connectivity index (χ4v) is 0.776. The number of hydrogen-bond donors (Lipinski definition) is 2. The Balaban J connectivity index is 3.33. The van der Waals surface area contributed by atoms with Gasteiger partial charge < -0.3 is 11.5 Å². The Morgan fingerprint density at radius 3 is 2.25 bits per heavy atom. The topological polar surface area (TPSA) is 69.1 Å². The Morgan fingerprint density at radius 2 is 1.75 bits per heavy atom. The van der Waals surface area contributed by atoms with E-state index in [0.717, 1.165) is 6.07 Å². The van der Waals surface area contributed by atoms with Gasteiger partial charge in [0.1, 0.15) is 0 Å². The number of primary amides is 1. The van der Waals surface area contributed by atoms with Gasteiger partial charge in [-0.25, -0.2) is 8.78 Å². The van der Waals surface area contributed by atoms with Crippen molar-refractivity contribution in [2.45, 2.75) is 0 Å². The zero-order valence-electron chi connectivity index (χ0n) is 5.97. The first-order chi connectivity index (χ1) is 5.52. The number of anilines is 1. The molecule has 0 aliphatic rings. The number of nitrogens with two attached hydrogens (primary N) is 2. The summed E-state index contributed by atoms with van der Waals surface area (Å²) < 4.78 is 24.9. The normalized spacial score (nSPS) is 9.83. The van der Waals surface area contributed by atoms with Gasteiger partial charge in [0.05, 0.1) is 5.56 Å². The number of benzene rings is 1. The highest BCUT2D eigenvalue weighted by molar-refractivity contribution is 5.97. The molecule has 1 aromatic rings. The van der Waals surface area contributed by atoms with E-state index in [4.69, 9.17) is 11.5 Å². The van der Waals surface area contributed by atoms with Gasteiger partial charge >= 0.3 is 0 Å². The number of rotatable bonds is 1. The first-order valence-electron chi connectivity index (χ1n) is 3.06. The fourth-order valence-electron chi connectivity index (χ4n) is 0.776. The second kappa shape index (κ2) is 2.77. The zero-order chi connectivity index (χ0) is 9.30.